The number of hydrogen-bond acceptors (Lipinski definition) is 2. The second kappa shape index (κ2) is 4.24. The van der Waals surface area contributed by atoms with Crippen LogP contribution >= 0.6 is 0 Å². The minimum Gasteiger partial charge on any atom is -0.375 e. The Bertz CT molecular complexity index is 281. The van der Waals surface area contributed by atoms with Crippen LogP contribution in [-0.4, -0.2) is 24.8 Å². The van der Waals surface area contributed by atoms with Crippen molar-refractivity contribution in [3.05, 3.63) is 0 Å². The predicted octanol–water partition coefficient (Wildman–Crippen LogP) is 3.11. The highest BCUT2D eigenvalue weighted by Gasteiger charge is 2.51. The normalized spacial score (nSPS) is 35.3. The molecule has 0 aromatic rings. The topological polar surface area (TPSA) is 21.3 Å². The van der Waals surface area contributed by atoms with Crippen LogP contribution in [0.4, 0.5) is 0 Å². The molecule has 0 radical (unpaired) electrons. The van der Waals surface area contributed by atoms with Crippen LogP contribution in [0, 0.1) is 11.3 Å². The molecule has 17 heavy (non-hydrogen) atoms. The Morgan fingerprint density at radius 1 is 1.29 bits per heavy atom. The lowest BCUT2D eigenvalue weighted by molar-refractivity contribution is -0.149. The van der Waals surface area contributed by atoms with Gasteiger partial charge in [-0.1, -0.05) is 13.8 Å². The molecule has 1 aliphatic heterocycles. The fraction of sp³-hybridized carbons (Fsp3) is 1.00. The SMILES string of the molecule is CCNC(C1CCOC2(CCC2)C1)C1(C)CC1. The van der Waals surface area contributed by atoms with Crippen LogP contribution in [0.15, 0.2) is 0 Å². The minimum atomic E-state index is 0.307. The summed E-state index contributed by atoms with van der Waals surface area (Å²) in [5, 5.41) is 3.79. The summed E-state index contributed by atoms with van der Waals surface area (Å²) in [7, 11) is 0. The van der Waals surface area contributed by atoms with Crippen LogP contribution < -0.4 is 5.32 Å². The average molecular weight is 237 g/mol. The van der Waals surface area contributed by atoms with E-state index in [1.54, 1.807) is 0 Å². The first-order valence-corrected chi connectivity index (χ1v) is 7.55. The molecule has 0 aromatic heterocycles. The molecule has 3 fully saturated rings. The number of hydrogen-bond donors (Lipinski definition) is 1. The van der Waals surface area contributed by atoms with Gasteiger partial charge >= 0.3 is 0 Å². The van der Waals surface area contributed by atoms with Crippen LogP contribution in [0.5, 0.6) is 0 Å². The molecule has 2 unspecified atom stereocenters. The third kappa shape index (κ3) is 2.15. The number of ether oxygens (including phenoxy) is 1. The van der Waals surface area contributed by atoms with Crippen molar-refractivity contribution in [1.29, 1.82) is 0 Å². The van der Waals surface area contributed by atoms with Gasteiger partial charge in [-0.3, -0.25) is 0 Å². The molecule has 1 spiro atoms. The van der Waals surface area contributed by atoms with E-state index in [0.717, 1.165) is 25.1 Å². The molecule has 3 aliphatic rings. The fourth-order valence-electron chi connectivity index (χ4n) is 3.98. The zero-order valence-electron chi connectivity index (χ0n) is 11.4. The van der Waals surface area contributed by atoms with Gasteiger partial charge in [0, 0.05) is 12.6 Å². The van der Waals surface area contributed by atoms with Crippen LogP contribution in [-0.2, 0) is 4.74 Å². The Balaban J connectivity index is 1.68. The lowest BCUT2D eigenvalue weighted by Gasteiger charge is -2.49. The van der Waals surface area contributed by atoms with Crippen molar-refractivity contribution in [2.75, 3.05) is 13.2 Å². The predicted molar refractivity (Wildman–Crippen MR) is 70.1 cm³/mol. The maximum atomic E-state index is 6.07. The summed E-state index contributed by atoms with van der Waals surface area (Å²) in [5.74, 6) is 0.858. The van der Waals surface area contributed by atoms with Crippen LogP contribution in [0.1, 0.15) is 58.8 Å². The lowest BCUT2D eigenvalue weighted by atomic mass is 9.68. The Morgan fingerprint density at radius 3 is 2.59 bits per heavy atom. The Labute approximate surface area is 105 Å². The van der Waals surface area contributed by atoms with Gasteiger partial charge in [-0.2, -0.15) is 0 Å². The molecule has 2 aliphatic carbocycles. The first kappa shape index (κ1) is 12.0. The Hall–Kier alpha value is -0.0800. The van der Waals surface area contributed by atoms with Crippen molar-refractivity contribution in [1.82, 2.24) is 5.32 Å². The molecule has 2 atom stereocenters. The van der Waals surface area contributed by atoms with Crippen molar-refractivity contribution in [2.24, 2.45) is 11.3 Å². The van der Waals surface area contributed by atoms with Gasteiger partial charge < -0.3 is 10.1 Å². The second-order valence-electron chi connectivity index (χ2n) is 6.83. The number of rotatable bonds is 4. The molecule has 2 nitrogen and oxygen atoms in total. The van der Waals surface area contributed by atoms with E-state index in [4.69, 9.17) is 4.74 Å². The first-order chi connectivity index (χ1) is 8.18. The van der Waals surface area contributed by atoms with E-state index >= 15 is 0 Å². The third-order valence-electron chi connectivity index (χ3n) is 5.48. The van der Waals surface area contributed by atoms with Crippen LogP contribution in [0.3, 0.4) is 0 Å². The zero-order chi connectivity index (χ0) is 11.9. The Kier molecular flexibility index (Phi) is 2.99. The summed E-state index contributed by atoms with van der Waals surface area (Å²) in [5.41, 5.74) is 0.908. The minimum absolute atomic E-state index is 0.307. The summed E-state index contributed by atoms with van der Waals surface area (Å²) in [4.78, 5) is 0. The molecular formula is C15H27NO. The fourth-order valence-corrected chi connectivity index (χ4v) is 3.98. The van der Waals surface area contributed by atoms with E-state index < -0.39 is 0 Å². The first-order valence-electron chi connectivity index (χ1n) is 7.55. The Morgan fingerprint density at radius 2 is 2.06 bits per heavy atom. The van der Waals surface area contributed by atoms with Crippen LogP contribution in [0.2, 0.25) is 0 Å². The standard InChI is InChI=1S/C15H27NO/c1-3-16-13(14(2)8-9-14)12-5-10-17-15(11-12)6-4-7-15/h12-13,16H,3-11H2,1-2H3. The molecular weight excluding hydrogens is 210 g/mol. The van der Waals surface area contributed by atoms with Gasteiger partial charge in [-0.05, 0) is 62.8 Å². The summed E-state index contributed by atoms with van der Waals surface area (Å²) < 4.78 is 6.07. The molecule has 0 amide bonds. The van der Waals surface area contributed by atoms with Gasteiger partial charge in [0.15, 0.2) is 0 Å². The lowest BCUT2D eigenvalue weighted by Crippen LogP contribution is -2.52. The van der Waals surface area contributed by atoms with E-state index in [1.807, 2.05) is 0 Å². The van der Waals surface area contributed by atoms with Crippen molar-refractivity contribution in [3.8, 4) is 0 Å². The molecule has 0 aromatic carbocycles. The van der Waals surface area contributed by atoms with Crippen LogP contribution in [0.25, 0.3) is 0 Å². The van der Waals surface area contributed by atoms with Crippen molar-refractivity contribution in [2.45, 2.75) is 70.4 Å². The maximum Gasteiger partial charge on any atom is 0.0685 e. The molecule has 1 heterocycles. The van der Waals surface area contributed by atoms with Gasteiger partial charge in [0.05, 0.1) is 5.60 Å². The van der Waals surface area contributed by atoms with E-state index in [2.05, 4.69) is 19.2 Å². The summed E-state index contributed by atoms with van der Waals surface area (Å²) in [6, 6.07) is 0.744. The molecule has 98 valence electrons. The monoisotopic (exact) mass is 237 g/mol. The second-order valence-corrected chi connectivity index (χ2v) is 6.83. The van der Waals surface area contributed by atoms with Gasteiger partial charge in [0.1, 0.15) is 0 Å². The van der Waals surface area contributed by atoms with E-state index in [-0.39, 0.29) is 0 Å². The molecule has 2 saturated carbocycles. The van der Waals surface area contributed by atoms with E-state index in [1.165, 1.54) is 44.9 Å². The van der Waals surface area contributed by atoms with Gasteiger partial charge in [-0.15, -0.1) is 0 Å². The smallest absolute Gasteiger partial charge is 0.0685 e. The molecule has 3 rings (SSSR count). The maximum absolute atomic E-state index is 6.07. The summed E-state index contributed by atoms with van der Waals surface area (Å²) in [6.45, 7) is 6.84. The zero-order valence-corrected chi connectivity index (χ0v) is 11.4. The highest BCUT2D eigenvalue weighted by atomic mass is 16.5. The summed E-state index contributed by atoms with van der Waals surface area (Å²) >= 11 is 0. The highest BCUT2D eigenvalue weighted by Crippen LogP contribution is 2.54. The highest BCUT2D eigenvalue weighted by molar-refractivity contribution is 5.05. The van der Waals surface area contributed by atoms with Crippen molar-refractivity contribution in [3.63, 3.8) is 0 Å². The van der Waals surface area contributed by atoms with Crippen molar-refractivity contribution < 1.29 is 4.74 Å². The van der Waals surface area contributed by atoms with Crippen molar-refractivity contribution >= 4 is 0 Å². The van der Waals surface area contributed by atoms with Gasteiger partial charge in [-0.25, -0.2) is 0 Å². The quantitative estimate of drug-likeness (QED) is 0.811. The largest absolute Gasteiger partial charge is 0.375 e. The molecule has 2 heteroatoms. The molecule has 1 saturated heterocycles. The van der Waals surface area contributed by atoms with Gasteiger partial charge in [0.25, 0.3) is 0 Å². The third-order valence-corrected chi connectivity index (χ3v) is 5.48. The number of nitrogens with one attached hydrogen (secondary N) is 1. The average Bonchev–Trinajstić information content (AvgIpc) is 3.03. The van der Waals surface area contributed by atoms with Gasteiger partial charge in [0.2, 0.25) is 0 Å². The molecule has 1 N–H and O–H groups in total. The summed E-state index contributed by atoms with van der Waals surface area (Å²) in [6.07, 6.45) is 9.47. The van der Waals surface area contributed by atoms with E-state index in [9.17, 15) is 0 Å². The molecule has 0 bridgehead atoms. The van der Waals surface area contributed by atoms with E-state index in [0.29, 0.717) is 11.0 Å².